The first-order valence-electron chi connectivity index (χ1n) is 8.55. The Hall–Kier alpha value is -2.96. The number of ketones is 1. The lowest BCUT2D eigenvalue weighted by atomic mass is 10.00. The van der Waals surface area contributed by atoms with Crippen LogP contribution >= 0.6 is 0 Å². The van der Waals surface area contributed by atoms with Gasteiger partial charge in [-0.15, -0.1) is 0 Å². The highest BCUT2D eigenvalue weighted by Crippen LogP contribution is 2.35. The minimum Gasteiger partial charge on any atom is -0.361 e. The summed E-state index contributed by atoms with van der Waals surface area (Å²) in [5, 5.41) is 4.31. The van der Waals surface area contributed by atoms with Crippen LogP contribution in [0.1, 0.15) is 34.7 Å². The third-order valence-electron chi connectivity index (χ3n) is 4.86. The van der Waals surface area contributed by atoms with Crippen LogP contribution in [0.4, 0.5) is 4.39 Å². The number of nitrogens with zero attached hydrogens (tertiary/aromatic N) is 2. The van der Waals surface area contributed by atoms with Gasteiger partial charge in [-0.05, 0) is 44.9 Å². The minimum atomic E-state index is -0.640. The summed E-state index contributed by atoms with van der Waals surface area (Å²) < 4.78 is 19.1. The van der Waals surface area contributed by atoms with Crippen molar-refractivity contribution in [1.29, 1.82) is 0 Å². The zero-order valence-electron chi connectivity index (χ0n) is 14.6. The van der Waals surface area contributed by atoms with Crippen LogP contribution in [0.2, 0.25) is 0 Å². The van der Waals surface area contributed by atoms with Crippen LogP contribution in [0.25, 0.3) is 22.2 Å². The van der Waals surface area contributed by atoms with Crippen molar-refractivity contribution in [3.63, 3.8) is 0 Å². The number of hydrogen-bond donors (Lipinski definition) is 1. The molecule has 7 heteroatoms. The molecule has 0 atom stereocenters. The highest BCUT2D eigenvalue weighted by Gasteiger charge is 2.31. The van der Waals surface area contributed by atoms with Crippen molar-refractivity contribution in [3.05, 3.63) is 41.0 Å². The Morgan fingerprint density at radius 2 is 1.96 bits per heavy atom. The number of benzene rings is 1. The van der Waals surface area contributed by atoms with Gasteiger partial charge in [-0.25, -0.2) is 4.39 Å². The number of aromatic amines is 1. The Balaban J connectivity index is 1.93. The Morgan fingerprint density at radius 3 is 2.62 bits per heavy atom. The summed E-state index contributed by atoms with van der Waals surface area (Å²) in [7, 11) is 0. The molecule has 6 nitrogen and oxygen atoms in total. The van der Waals surface area contributed by atoms with Crippen LogP contribution in [-0.4, -0.2) is 39.8 Å². The molecule has 0 spiro atoms. The van der Waals surface area contributed by atoms with Crippen LogP contribution in [0, 0.1) is 19.7 Å². The number of halogens is 1. The average Bonchev–Trinajstić information content (AvgIpc) is 3.32. The van der Waals surface area contributed by atoms with Crippen LogP contribution in [0.5, 0.6) is 0 Å². The van der Waals surface area contributed by atoms with Crippen molar-refractivity contribution in [2.24, 2.45) is 0 Å². The number of Topliss-reactive ketones (excluding diaryl/α,β-unsaturated/α-hetero) is 1. The molecule has 1 aliphatic rings. The van der Waals surface area contributed by atoms with E-state index in [1.165, 1.54) is 12.1 Å². The highest BCUT2D eigenvalue weighted by atomic mass is 19.1. The molecule has 4 rings (SSSR count). The molecular weight excluding hydrogens is 337 g/mol. The molecule has 1 amide bonds. The smallest absolute Gasteiger partial charge is 0.295 e. The van der Waals surface area contributed by atoms with E-state index in [1.54, 1.807) is 24.8 Å². The lowest BCUT2D eigenvalue weighted by molar-refractivity contribution is -0.125. The summed E-state index contributed by atoms with van der Waals surface area (Å²) in [6, 6.07) is 4.15. The summed E-state index contributed by atoms with van der Waals surface area (Å²) in [6.45, 7) is 4.64. The number of hydrogen-bond acceptors (Lipinski definition) is 4. The van der Waals surface area contributed by atoms with Gasteiger partial charge in [-0.1, -0.05) is 5.16 Å². The molecule has 0 aliphatic carbocycles. The molecule has 0 radical (unpaired) electrons. The fourth-order valence-electron chi connectivity index (χ4n) is 3.60. The number of aromatic nitrogens is 2. The average molecular weight is 355 g/mol. The number of likely N-dealkylation sites (tertiary alicyclic amines) is 1. The Labute approximate surface area is 149 Å². The number of nitrogens with one attached hydrogen (secondary N) is 1. The maximum Gasteiger partial charge on any atom is 0.295 e. The fraction of sp³-hybridized carbons (Fsp3) is 0.316. The van der Waals surface area contributed by atoms with Crippen molar-refractivity contribution < 1.29 is 18.5 Å². The standard InChI is InChI=1S/C19H18FN3O3/c1-10-15(11(2)26-22-10)17-16(13-9-12(20)5-6-14(13)21-17)18(24)19(25)23-7-3-4-8-23/h5-6,9,21H,3-4,7-8H2,1-2H3. The molecule has 3 aromatic rings. The number of amides is 1. The van der Waals surface area contributed by atoms with E-state index in [-0.39, 0.29) is 5.56 Å². The van der Waals surface area contributed by atoms with Crippen LogP contribution in [0.15, 0.2) is 22.7 Å². The van der Waals surface area contributed by atoms with Gasteiger partial charge in [0.15, 0.2) is 0 Å². The fourth-order valence-corrected chi connectivity index (χ4v) is 3.60. The molecule has 1 N–H and O–H groups in total. The van der Waals surface area contributed by atoms with Crippen LogP contribution in [0.3, 0.4) is 0 Å². The van der Waals surface area contributed by atoms with Gasteiger partial charge in [-0.2, -0.15) is 0 Å². The van der Waals surface area contributed by atoms with E-state index in [9.17, 15) is 14.0 Å². The zero-order chi connectivity index (χ0) is 18.4. The second-order valence-electron chi connectivity index (χ2n) is 6.59. The van der Waals surface area contributed by atoms with Crippen LogP contribution in [-0.2, 0) is 4.79 Å². The molecule has 1 aliphatic heterocycles. The Bertz CT molecular complexity index is 1010. The molecule has 3 heterocycles. The Kier molecular flexibility index (Phi) is 3.86. The summed E-state index contributed by atoms with van der Waals surface area (Å²) >= 11 is 0. The molecule has 1 fully saturated rings. The number of fused-ring (bicyclic) bond motifs is 1. The molecule has 2 aromatic heterocycles. The second-order valence-corrected chi connectivity index (χ2v) is 6.59. The van der Waals surface area contributed by atoms with Gasteiger partial charge in [0.2, 0.25) is 0 Å². The largest absolute Gasteiger partial charge is 0.361 e. The van der Waals surface area contributed by atoms with Gasteiger partial charge in [0.25, 0.3) is 11.7 Å². The SMILES string of the molecule is Cc1noc(C)c1-c1[nH]c2ccc(F)cc2c1C(=O)C(=O)N1CCCC1. The maximum absolute atomic E-state index is 13.8. The van der Waals surface area contributed by atoms with Gasteiger partial charge < -0.3 is 14.4 Å². The van der Waals surface area contributed by atoms with Crippen molar-refractivity contribution >= 4 is 22.6 Å². The van der Waals surface area contributed by atoms with E-state index < -0.39 is 17.5 Å². The summed E-state index contributed by atoms with van der Waals surface area (Å²) in [5.74, 6) is -1.14. The van der Waals surface area contributed by atoms with E-state index in [4.69, 9.17) is 4.52 Å². The molecular formula is C19H18FN3O3. The number of aryl methyl sites for hydroxylation is 2. The normalized spacial score (nSPS) is 14.3. The monoisotopic (exact) mass is 355 g/mol. The predicted octanol–water partition coefficient (Wildman–Crippen LogP) is 3.38. The van der Waals surface area contributed by atoms with Crippen LogP contribution < -0.4 is 0 Å². The van der Waals surface area contributed by atoms with E-state index in [0.717, 1.165) is 12.8 Å². The third-order valence-corrected chi connectivity index (χ3v) is 4.86. The molecule has 134 valence electrons. The number of H-pyrrole nitrogens is 1. The first-order valence-corrected chi connectivity index (χ1v) is 8.55. The van der Waals surface area contributed by atoms with Gasteiger partial charge in [0, 0.05) is 24.0 Å². The van der Waals surface area contributed by atoms with Gasteiger partial charge in [0.05, 0.1) is 22.5 Å². The van der Waals surface area contributed by atoms with Crippen molar-refractivity contribution in [2.45, 2.75) is 26.7 Å². The molecule has 0 bridgehead atoms. The second kappa shape index (κ2) is 6.09. The van der Waals surface area contributed by atoms with Crippen molar-refractivity contribution in [3.8, 4) is 11.3 Å². The number of carbonyl (C=O) groups is 2. The van der Waals surface area contributed by atoms with Crippen molar-refractivity contribution in [1.82, 2.24) is 15.0 Å². The number of rotatable bonds is 3. The zero-order valence-corrected chi connectivity index (χ0v) is 14.6. The summed E-state index contributed by atoms with van der Waals surface area (Å²) in [6.07, 6.45) is 1.77. The van der Waals surface area contributed by atoms with Crippen molar-refractivity contribution in [2.75, 3.05) is 13.1 Å². The minimum absolute atomic E-state index is 0.172. The molecule has 0 saturated carbocycles. The van der Waals surface area contributed by atoms with E-state index in [0.29, 0.717) is 46.7 Å². The lowest BCUT2D eigenvalue weighted by Crippen LogP contribution is -2.34. The van der Waals surface area contributed by atoms with Gasteiger partial charge in [-0.3, -0.25) is 9.59 Å². The molecule has 1 aromatic carbocycles. The van der Waals surface area contributed by atoms with E-state index >= 15 is 0 Å². The maximum atomic E-state index is 13.8. The summed E-state index contributed by atoms with van der Waals surface area (Å²) in [4.78, 5) is 30.5. The van der Waals surface area contributed by atoms with E-state index in [1.807, 2.05) is 0 Å². The number of carbonyl (C=O) groups excluding carboxylic acids is 2. The first-order chi connectivity index (χ1) is 12.5. The lowest BCUT2D eigenvalue weighted by Gasteiger charge is -2.14. The summed E-state index contributed by atoms with van der Waals surface area (Å²) in [5.41, 5.74) is 2.42. The Morgan fingerprint density at radius 1 is 1.23 bits per heavy atom. The highest BCUT2D eigenvalue weighted by molar-refractivity contribution is 6.46. The topological polar surface area (TPSA) is 79.2 Å². The van der Waals surface area contributed by atoms with E-state index in [2.05, 4.69) is 10.1 Å². The molecule has 26 heavy (non-hydrogen) atoms. The molecule has 0 unspecified atom stereocenters. The quantitative estimate of drug-likeness (QED) is 0.577. The van der Waals surface area contributed by atoms with Gasteiger partial charge >= 0.3 is 0 Å². The first kappa shape index (κ1) is 16.5. The predicted molar refractivity (Wildman–Crippen MR) is 93.4 cm³/mol. The van der Waals surface area contributed by atoms with Gasteiger partial charge in [0.1, 0.15) is 11.6 Å². The molecule has 1 saturated heterocycles. The third kappa shape index (κ3) is 2.51.